The van der Waals surface area contributed by atoms with Gasteiger partial charge >= 0.3 is 5.97 Å². The van der Waals surface area contributed by atoms with Crippen molar-refractivity contribution >= 4 is 23.6 Å². The van der Waals surface area contributed by atoms with Gasteiger partial charge in [0.25, 0.3) is 0 Å². The summed E-state index contributed by atoms with van der Waals surface area (Å²) in [5.41, 5.74) is 4.01. The van der Waals surface area contributed by atoms with Gasteiger partial charge in [0.1, 0.15) is 0 Å². The van der Waals surface area contributed by atoms with Gasteiger partial charge in [-0.1, -0.05) is 6.07 Å². The van der Waals surface area contributed by atoms with Gasteiger partial charge in [-0.05, 0) is 23.3 Å². The van der Waals surface area contributed by atoms with Crippen LogP contribution in [0.1, 0.15) is 17.5 Å². The number of hydrogen-bond acceptors (Lipinski definition) is 5. The Balaban J connectivity index is 2.32. The van der Waals surface area contributed by atoms with Crippen LogP contribution in [0.5, 0.6) is 0 Å². The molecule has 0 unspecified atom stereocenters. The molecule has 1 aromatic carbocycles. The third-order valence-electron chi connectivity index (χ3n) is 3.24. The Labute approximate surface area is 124 Å². The maximum Gasteiger partial charge on any atom is 0.331 e. The molecule has 21 heavy (non-hydrogen) atoms. The first-order valence-electron chi connectivity index (χ1n) is 6.76. The summed E-state index contributed by atoms with van der Waals surface area (Å²) in [6.07, 6.45) is 3.84. The first-order valence-corrected chi connectivity index (χ1v) is 6.76. The molecule has 6 heteroatoms. The Morgan fingerprint density at radius 2 is 2.33 bits per heavy atom. The molecule has 3 N–H and O–H groups in total. The van der Waals surface area contributed by atoms with Crippen LogP contribution in [0, 0.1) is 0 Å². The van der Waals surface area contributed by atoms with E-state index in [0.717, 1.165) is 22.4 Å². The molecule has 1 aromatic rings. The van der Waals surface area contributed by atoms with Gasteiger partial charge < -0.3 is 10.1 Å². The Hall–Kier alpha value is -2.34. The van der Waals surface area contributed by atoms with Crippen molar-refractivity contribution in [2.24, 2.45) is 10.8 Å². The first kappa shape index (κ1) is 15.1. The molecule has 1 aliphatic rings. The molecule has 0 amide bonds. The number of nitrogens with zero attached hydrogens (tertiary/aromatic N) is 2. The van der Waals surface area contributed by atoms with Crippen LogP contribution < -0.4 is 11.2 Å². The van der Waals surface area contributed by atoms with Crippen LogP contribution in [0.25, 0.3) is 5.57 Å². The normalized spacial score (nSPS) is 14.8. The van der Waals surface area contributed by atoms with Crippen LogP contribution in [-0.4, -0.2) is 38.0 Å². The fourth-order valence-electron chi connectivity index (χ4n) is 2.30. The van der Waals surface area contributed by atoms with Crippen molar-refractivity contribution in [3.8, 4) is 0 Å². The molecular formula is C15H20N4O2. The number of carbonyl (C=O) groups excluding carboxylic acids is 1. The maximum atomic E-state index is 11.4. The van der Waals surface area contributed by atoms with Gasteiger partial charge in [0.2, 0.25) is 0 Å². The lowest BCUT2D eigenvalue weighted by Crippen LogP contribution is -2.28. The van der Waals surface area contributed by atoms with Crippen LogP contribution in [0.3, 0.4) is 0 Å². The Morgan fingerprint density at radius 3 is 3.00 bits per heavy atom. The van der Waals surface area contributed by atoms with E-state index in [0.29, 0.717) is 19.6 Å². The maximum absolute atomic E-state index is 11.4. The van der Waals surface area contributed by atoms with E-state index in [1.165, 1.54) is 5.01 Å². The molecule has 1 heterocycles. The highest BCUT2D eigenvalue weighted by atomic mass is 16.5. The number of hydrogen-bond donors (Lipinski definition) is 2. The molecule has 0 aromatic heterocycles. The number of hydrazine groups is 1. The standard InChI is InChI=1S/C15H20N4O2/c1-17-10-19(16)9-11-3-4-14(18-2)13(7-11)12-5-6-21-15(20)8-12/h3-4,7-8,10,18H,5-6,9,16H2,1-2H3. The number of anilines is 1. The molecule has 0 saturated carbocycles. The monoisotopic (exact) mass is 288 g/mol. The van der Waals surface area contributed by atoms with Gasteiger partial charge in [0, 0.05) is 37.8 Å². The fraction of sp³-hybridized carbons (Fsp3) is 0.333. The van der Waals surface area contributed by atoms with E-state index in [1.807, 2.05) is 25.2 Å². The van der Waals surface area contributed by atoms with Crippen LogP contribution >= 0.6 is 0 Å². The predicted molar refractivity (Wildman–Crippen MR) is 83.7 cm³/mol. The van der Waals surface area contributed by atoms with E-state index in [2.05, 4.69) is 10.3 Å². The summed E-state index contributed by atoms with van der Waals surface area (Å²) < 4.78 is 4.95. The second-order valence-electron chi connectivity index (χ2n) is 4.76. The Morgan fingerprint density at radius 1 is 1.52 bits per heavy atom. The highest BCUT2D eigenvalue weighted by Crippen LogP contribution is 2.29. The molecule has 0 saturated heterocycles. The molecule has 0 fully saturated rings. The molecule has 2 rings (SSSR count). The zero-order valence-electron chi connectivity index (χ0n) is 12.3. The molecular weight excluding hydrogens is 268 g/mol. The average Bonchev–Trinajstić information content (AvgIpc) is 2.47. The number of benzene rings is 1. The van der Waals surface area contributed by atoms with Gasteiger partial charge in [-0.15, -0.1) is 0 Å². The highest BCUT2D eigenvalue weighted by molar-refractivity contribution is 5.94. The molecule has 0 radical (unpaired) electrons. The molecule has 6 nitrogen and oxygen atoms in total. The molecule has 0 spiro atoms. The Bertz CT molecular complexity index is 581. The summed E-state index contributed by atoms with van der Waals surface area (Å²) in [7, 11) is 3.53. The summed E-state index contributed by atoms with van der Waals surface area (Å²) in [5.74, 6) is 5.53. The molecule has 1 aliphatic heterocycles. The minimum absolute atomic E-state index is 0.290. The predicted octanol–water partition coefficient (Wildman–Crippen LogP) is 1.39. The van der Waals surface area contributed by atoms with Gasteiger partial charge in [0.15, 0.2) is 0 Å². The minimum atomic E-state index is -0.290. The van der Waals surface area contributed by atoms with Crippen molar-refractivity contribution < 1.29 is 9.53 Å². The molecule has 0 bridgehead atoms. The zero-order valence-corrected chi connectivity index (χ0v) is 12.3. The summed E-state index contributed by atoms with van der Waals surface area (Å²) in [5, 5.41) is 4.66. The van der Waals surface area contributed by atoms with Gasteiger partial charge in [-0.3, -0.25) is 10.0 Å². The minimum Gasteiger partial charge on any atom is -0.462 e. The lowest BCUT2D eigenvalue weighted by molar-refractivity contribution is -0.138. The number of rotatable bonds is 5. The van der Waals surface area contributed by atoms with Crippen molar-refractivity contribution in [2.45, 2.75) is 13.0 Å². The lowest BCUT2D eigenvalue weighted by Gasteiger charge is -2.19. The number of nitrogens with one attached hydrogen (secondary N) is 1. The summed E-state index contributed by atoms with van der Waals surface area (Å²) in [6.45, 7) is 0.968. The van der Waals surface area contributed by atoms with Crippen molar-refractivity contribution in [2.75, 3.05) is 26.0 Å². The number of carbonyl (C=O) groups is 1. The van der Waals surface area contributed by atoms with E-state index < -0.39 is 0 Å². The third kappa shape index (κ3) is 3.82. The summed E-state index contributed by atoms with van der Waals surface area (Å²) in [4.78, 5) is 15.3. The Kier molecular flexibility index (Phi) is 4.94. The van der Waals surface area contributed by atoms with Crippen molar-refractivity contribution in [3.05, 3.63) is 35.4 Å². The molecule has 0 atom stereocenters. The summed E-state index contributed by atoms with van der Waals surface area (Å²) in [6, 6.07) is 6.03. The largest absolute Gasteiger partial charge is 0.462 e. The van der Waals surface area contributed by atoms with Gasteiger partial charge in [-0.2, -0.15) is 0 Å². The van der Waals surface area contributed by atoms with E-state index in [4.69, 9.17) is 10.6 Å². The van der Waals surface area contributed by atoms with Crippen LogP contribution in [0.4, 0.5) is 5.69 Å². The van der Waals surface area contributed by atoms with Gasteiger partial charge in [0.05, 0.1) is 19.5 Å². The van der Waals surface area contributed by atoms with Crippen molar-refractivity contribution in [1.82, 2.24) is 5.01 Å². The van der Waals surface area contributed by atoms with Crippen molar-refractivity contribution in [3.63, 3.8) is 0 Å². The number of ether oxygens (including phenoxy) is 1. The summed E-state index contributed by atoms with van der Waals surface area (Å²) >= 11 is 0. The molecule has 0 aliphatic carbocycles. The average molecular weight is 288 g/mol. The second-order valence-corrected chi connectivity index (χ2v) is 4.76. The topological polar surface area (TPSA) is 80.0 Å². The fourth-order valence-corrected chi connectivity index (χ4v) is 2.30. The van der Waals surface area contributed by atoms with Crippen LogP contribution in [0.15, 0.2) is 29.3 Å². The first-order chi connectivity index (χ1) is 10.1. The SMILES string of the molecule is CN=CN(N)Cc1ccc(NC)c(C2=CC(=O)OCC2)c1. The number of aliphatic imine (C=N–C) groups is 1. The quantitative estimate of drug-likeness (QED) is 0.281. The highest BCUT2D eigenvalue weighted by Gasteiger charge is 2.15. The van der Waals surface area contributed by atoms with E-state index >= 15 is 0 Å². The van der Waals surface area contributed by atoms with E-state index in [-0.39, 0.29) is 5.97 Å². The van der Waals surface area contributed by atoms with Crippen LogP contribution in [0.2, 0.25) is 0 Å². The zero-order chi connectivity index (χ0) is 15.2. The third-order valence-corrected chi connectivity index (χ3v) is 3.24. The number of nitrogens with two attached hydrogens (primary N) is 1. The number of cyclic esters (lactones) is 1. The second kappa shape index (κ2) is 6.90. The van der Waals surface area contributed by atoms with Crippen LogP contribution in [-0.2, 0) is 16.1 Å². The van der Waals surface area contributed by atoms with Gasteiger partial charge in [-0.25, -0.2) is 10.6 Å². The smallest absolute Gasteiger partial charge is 0.331 e. The van der Waals surface area contributed by atoms with E-state index in [9.17, 15) is 4.79 Å². The van der Waals surface area contributed by atoms with Crippen molar-refractivity contribution in [1.29, 1.82) is 0 Å². The molecule has 112 valence electrons. The number of esters is 1. The van der Waals surface area contributed by atoms with E-state index in [1.54, 1.807) is 19.5 Å². The lowest BCUT2D eigenvalue weighted by atomic mass is 9.97.